The van der Waals surface area contributed by atoms with E-state index in [1.807, 2.05) is 6.07 Å². The summed E-state index contributed by atoms with van der Waals surface area (Å²) in [6.45, 7) is 11.4. The van der Waals surface area contributed by atoms with E-state index in [-0.39, 0.29) is 48.9 Å². The normalized spacial score (nSPS) is 11.6. The number of unbranched alkanes of at least 4 members (excludes halogenated alkanes) is 2. The van der Waals surface area contributed by atoms with Crippen LogP contribution in [0.3, 0.4) is 0 Å². The predicted molar refractivity (Wildman–Crippen MR) is 236 cm³/mol. The smallest absolute Gasteiger partial charge is 0.753 e. The molecule has 0 saturated heterocycles. The van der Waals surface area contributed by atoms with Gasteiger partial charge in [-0.1, -0.05) is 78.4 Å². The van der Waals surface area contributed by atoms with Crippen molar-refractivity contribution in [3.63, 3.8) is 0 Å². The molecule has 0 spiro atoms. The third kappa shape index (κ3) is 19.9. The van der Waals surface area contributed by atoms with Crippen molar-refractivity contribution in [3.8, 4) is 40.0 Å². The second-order valence-corrected chi connectivity index (χ2v) is 13.8. The van der Waals surface area contributed by atoms with Crippen molar-refractivity contribution in [1.29, 1.82) is 5.41 Å². The Hall–Kier alpha value is -5.77. The van der Waals surface area contributed by atoms with Crippen molar-refractivity contribution >= 4 is 53.9 Å². The zero-order valence-electron chi connectivity index (χ0n) is 35.4. The van der Waals surface area contributed by atoms with Crippen molar-refractivity contribution in [3.05, 3.63) is 90.0 Å². The van der Waals surface area contributed by atoms with Crippen molar-refractivity contribution in [1.82, 2.24) is 19.9 Å². The zero-order valence-corrected chi connectivity index (χ0v) is 38.0. The van der Waals surface area contributed by atoms with Gasteiger partial charge >= 0.3 is 25.7 Å². The summed E-state index contributed by atoms with van der Waals surface area (Å²) >= 11 is 3.70. The van der Waals surface area contributed by atoms with E-state index in [1.165, 1.54) is 66.8 Å². The van der Waals surface area contributed by atoms with Gasteiger partial charge in [-0.15, -0.1) is 5.70 Å². The molecule has 4 heterocycles. The Morgan fingerprint density at radius 3 is 1.62 bits per heavy atom. The number of hydrogen-bond donors (Lipinski definition) is 1. The fraction of sp³-hybridized carbons (Fsp3) is 0.386. The number of halogens is 3. The Kier molecular flexibility index (Phi) is 26.6. The van der Waals surface area contributed by atoms with E-state index in [0.29, 0.717) is 53.6 Å². The van der Waals surface area contributed by atoms with Crippen LogP contribution in [0.25, 0.3) is 39.6 Å². The van der Waals surface area contributed by atoms with Crippen molar-refractivity contribution in [2.45, 2.75) is 85.2 Å². The predicted octanol–water partition coefficient (Wildman–Crippen LogP) is 10.8. The number of nitrogens with zero attached hydrogens (tertiary/aromatic N) is 6. The maximum absolute atomic E-state index is 12.7. The van der Waals surface area contributed by atoms with Crippen LogP contribution < -0.4 is 19.1 Å². The number of nitrogens with one attached hydrogen (secondary N) is 2. The first-order valence-electron chi connectivity index (χ1n) is 19.9. The van der Waals surface area contributed by atoms with E-state index in [0.717, 1.165) is 57.3 Å². The second kappa shape index (κ2) is 30.3. The fourth-order valence-corrected chi connectivity index (χ4v) is 6.06. The number of alkyl halides is 3. The molecule has 19 heteroatoms. The van der Waals surface area contributed by atoms with Crippen LogP contribution in [0.1, 0.15) is 84.8 Å². The minimum Gasteiger partial charge on any atom is -0.753 e. The molecule has 4 aromatic rings. The number of carbonyl (C=O) groups is 3. The van der Waals surface area contributed by atoms with Gasteiger partial charge in [0, 0.05) is 67.3 Å². The molecular weight excluding hydrogens is 927 g/mol. The number of carbonyl (C=O) groups excluding carboxylic acids is 3. The summed E-state index contributed by atoms with van der Waals surface area (Å²) in [5.74, 6) is 1.84. The maximum atomic E-state index is 12.7. The molecule has 2 N–H and O–H groups in total. The van der Waals surface area contributed by atoms with Crippen LogP contribution in [-0.2, 0) is 33.9 Å². The third-order valence-electron chi connectivity index (χ3n) is 9.36. The van der Waals surface area contributed by atoms with E-state index in [4.69, 9.17) is 30.8 Å². The molecule has 0 aliphatic carbocycles. The summed E-state index contributed by atoms with van der Waals surface area (Å²) in [5, 5.41) is 15.6. The van der Waals surface area contributed by atoms with E-state index in [1.54, 1.807) is 12.3 Å². The van der Waals surface area contributed by atoms with Gasteiger partial charge in [-0.05, 0) is 55.0 Å². The van der Waals surface area contributed by atoms with Crippen molar-refractivity contribution in [2.24, 2.45) is 11.8 Å². The first kappa shape index (κ1) is 55.3. The molecule has 0 bridgehead atoms. The summed E-state index contributed by atoms with van der Waals surface area (Å²) in [7, 11) is 0. The van der Waals surface area contributed by atoms with Gasteiger partial charge < -0.3 is 30.3 Å². The van der Waals surface area contributed by atoms with Gasteiger partial charge in [0.25, 0.3) is 19.4 Å². The number of ether oxygens (including phenoxy) is 3. The van der Waals surface area contributed by atoms with Gasteiger partial charge in [-0.25, -0.2) is 4.98 Å². The fourth-order valence-electron chi connectivity index (χ4n) is 6.06. The minimum atomic E-state index is -4.77. The number of hydrogen-bond acceptors (Lipinski definition) is 13. The Labute approximate surface area is 384 Å². The summed E-state index contributed by atoms with van der Waals surface area (Å²) < 4.78 is 52.7. The van der Waals surface area contributed by atoms with Crippen LogP contribution in [0.2, 0.25) is 0 Å². The number of allylic oxidation sites excluding steroid dienone is 1. The molecule has 0 aromatic carbocycles. The van der Waals surface area contributed by atoms with Gasteiger partial charge in [0.15, 0.2) is 0 Å². The molecule has 2 atom stereocenters. The van der Waals surface area contributed by atoms with E-state index in [2.05, 4.69) is 64.7 Å². The topological polar surface area (TPSA) is 204 Å². The average Bonchev–Trinajstić information content (AvgIpc) is 3.26. The molecule has 0 saturated carbocycles. The van der Waals surface area contributed by atoms with Crippen molar-refractivity contribution in [2.75, 3.05) is 18.0 Å². The Morgan fingerprint density at radius 2 is 1.21 bits per heavy atom. The van der Waals surface area contributed by atoms with Crippen LogP contribution >= 0.6 is 12.2 Å². The number of thiocarbonyl (C=S) groups is 1. The number of anilines is 1. The molecule has 14 nitrogen and oxygen atoms in total. The molecule has 0 aliphatic heterocycles. The monoisotopic (exact) mass is 978 g/mol. The van der Waals surface area contributed by atoms with E-state index >= 15 is 0 Å². The molecule has 63 heavy (non-hydrogen) atoms. The number of pyridine rings is 4. The molecule has 2 unspecified atom stereocenters. The standard InChI is InChI=1S/C25H40F3N4.C18H11N3O6.CNS.Ru/c1-5-9-11-19(7-3)17-32(18-20(8-4)12-10-6-2)21-13-14-31-23(15-21)22(29)16-24(30)25(26,27)28;22-9-25-12-1-3-19-15(5-12)17-7-14(27-11-24)8-18(21-17)16-6-13(26-10-23)2-4-20-16;2-1-3;/h13-16,19-20,29-30H,5-12,17-18H2,1-4H3;1-11H;;/q-1;;-1;+2/b22-16-,30-24?;;;. The van der Waals surface area contributed by atoms with E-state index < -0.39 is 17.6 Å². The third-order valence-corrected chi connectivity index (χ3v) is 9.36. The zero-order chi connectivity index (χ0) is 45.9. The van der Waals surface area contributed by atoms with Gasteiger partial charge in [-0.3, -0.25) is 34.7 Å². The summed E-state index contributed by atoms with van der Waals surface area (Å²) in [4.78, 5) is 51.1. The number of aromatic nitrogens is 4. The molecule has 4 rings (SSSR count). The summed E-state index contributed by atoms with van der Waals surface area (Å²) in [6.07, 6.45) is 9.33. The SMILES string of the molecule is CCCCC(CC)CN(CC(CC)CCCC)c1ccnc(/C([NH-])=C/C(=N)C(F)(F)F)c1.O=COc1ccnc(-c2cc(OC=O)cc(-c3cc(OC=O)ccn3)n2)c1.[N-]=C=S.[Ru+2]. The molecule has 0 aliphatic rings. The molecule has 0 amide bonds. The Morgan fingerprint density at radius 1 is 0.778 bits per heavy atom. The molecule has 0 radical (unpaired) electrons. The molecule has 4 aromatic heterocycles. The first-order valence-corrected chi connectivity index (χ1v) is 20.3. The van der Waals surface area contributed by atoms with Crippen LogP contribution in [0, 0.1) is 17.2 Å². The van der Waals surface area contributed by atoms with Gasteiger partial charge in [0.1, 0.15) is 23.0 Å². The van der Waals surface area contributed by atoms with Crippen LogP contribution in [0.5, 0.6) is 17.2 Å². The molecule has 0 fully saturated rings. The average molecular weight is 978 g/mol. The van der Waals surface area contributed by atoms with Gasteiger partial charge in [0.2, 0.25) is 0 Å². The second-order valence-electron chi connectivity index (χ2n) is 13.7. The van der Waals surface area contributed by atoms with Gasteiger partial charge in [0.05, 0.1) is 22.8 Å². The van der Waals surface area contributed by atoms with Gasteiger partial charge in [-0.2, -0.15) is 18.3 Å². The largest absolute Gasteiger partial charge is 2.00 e. The minimum absolute atomic E-state index is 0. The van der Waals surface area contributed by atoms with Crippen LogP contribution in [0.15, 0.2) is 73.2 Å². The summed E-state index contributed by atoms with van der Waals surface area (Å²) in [5.41, 5.74) is 8.61. The van der Waals surface area contributed by atoms with Crippen LogP contribution in [-0.4, -0.2) is 69.5 Å². The summed E-state index contributed by atoms with van der Waals surface area (Å²) in [6, 6.07) is 12.6. The first-order chi connectivity index (χ1) is 29.8. The molecular formula is C44H51F3N8O6RuS. The van der Waals surface area contributed by atoms with Crippen LogP contribution in [0.4, 0.5) is 18.9 Å². The molecule has 338 valence electrons. The van der Waals surface area contributed by atoms with Crippen molar-refractivity contribution < 1.29 is 61.2 Å². The Balaban J connectivity index is 0.000000589. The Bertz CT molecular complexity index is 2020. The number of isothiocyanates is 1. The number of rotatable bonds is 23. The quantitative estimate of drug-likeness (QED) is 0.0319. The maximum Gasteiger partial charge on any atom is 2.00 e. The van der Waals surface area contributed by atoms with E-state index in [9.17, 15) is 27.6 Å².